The molecule has 2 heterocycles. The molecule has 0 amide bonds. The van der Waals surface area contributed by atoms with Crippen molar-refractivity contribution in [1.29, 1.82) is 0 Å². The van der Waals surface area contributed by atoms with Crippen molar-refractivity contribution in [3.63, 3.8) is 0 Å². The molecule has 1 aromatic rings. The smallest absolute Gasteiger partial charge is 0.317 e. The number of rotatable bonds is 4. The molecule has 1 aromatic heterocycles. The Morgan fingerprint density at radius 2 is 2.00 bits per heavy atom. The van der Waals surface area contributed by atoms with Crippen LogP contribution >= 0.6 is 0 Å². The van der Waals surface area contributed by atoms with E-state index in [-0.39, 0.29) is 12.4 Å². The van der Waals surface area contributed by atoms with Gasteiger partial charge in [-0.1, -0.05) is 0 Å². The molecule has 5 nitrogen and oxygen atoms in total. The molecule has 1 aliphatic rings. The van der Waals surface area contributed by atoms with Gasteiger partial charge in [-0.3, -0.25) is 19.6 Å². The standard InChI is InChI=1S/C13H18FN3O2/c14-12-6-11(7-15-8-12)9-16-2-1-3-17(5-4-16)10-13(18)19/h6-8H,1-5,9-10H2,(H,18,19). The molecule has 0 aromatic carbocycles. The Bertz CT molecular complexity index is 442. The quantitative estimate of drug-likeness (QED) is 0.875. The zero-order chi connectivity index (χ0) is 13.7. The monoisotopic (exact) mass is 267 g/mol. The maximum Gasteiger partial charge on any atom is 0.317 e. The average molecular weight is 267 g/mol. The maximum atomic E-state index is 13.1. The number of nitrogens with zero attached hydrogens (tertiary/aromatic N) is 3. The van der Waals surface area contributed by atoms with Gasteiger partial charge < -0.3 is 5.11 Å². The molecule has 0 bridgehead atoms. The van der Waals surface area contributed by atoms with E-state index in [1.807, 2.05) is 4.90 Å². The Morgan fingerprint density at radius 3 is 2.74 bits per heavy atom. The van der Waals surface area contributed by atoms with Crippen molar-refractivity contribution in [3.05, 3.63) is 29.8 Å². The van der Waals surface area contributed by atoms with Gasteiger partial charge in [-0.15, -0.1) is 0 Å². The number of carbonyl (C=O) groups is 1. The van der Waals surface area contributed by atoms with E-state index in [2.05, 4.69) is 9.88 Å². The number of aliphatic carboxylic acids is 1. The Morgan fingerprint density at radius 1 is 1.26 bits per heavy atom. The second kappa shape index (κ2) is 6.58. The van der Waals surface area contributed by atoms with Gasteiger partial charge in [0.2, 0.25) is 0 Å². The molecule has 0 saturated carbocycles. The number of hydrogen-bond donors (Lipinski definition) is 1. The van der Waals surface area contributed by atoms with Gasteiger partial charge in [-0.25, -0.2) is 4.39 Å². The highest BCUT2D eigenvalue weighted by Gasteiger charge is 2.16. The van der Waals surface area contributed by atoms with Crippen LogP contribution in [0.2, 0.25) is 0 Å². The number of halogens is 1. The minimum Gasteiger partial charge on any atom is -0.480 e. The van der Waals surface area contributed by atoms with Crippen molar-refractivity contribution in [3.8, 4) is 0 Å². The summed E-state index contributed by atoms with van der Waals surface area (Å²) in [6.07, 6.45) is 3.79. The van der Waals surface area contributed by atoms with Gasteiger partial charge in [0.25, 0.3) is 0 Å². The number of aromatic nitrogens is 1. The molecule has 1 N–H and O–H groups in total. The third kappa shape index (κ3) is 4.57. The molecular weight excluding hydrogens is 249 g/mol. The Kier molecular flexibility index (Phi) is 4.81. The molecule has 19 heavy (non-hydrogen) atoms. The van der Waals surface area contributed by atoms with E-state index in [0.29, 0.717) is 6.54 Å². The highest BCUT2D eigenvalue weighted by molar-refractivity contribution is 5.69. The van der Waals surface area contributed by atoms with Crippen LogP contribution in [0.5, 0.6) is 0 Å². The molecular formula is C13H18FN3O2. The minimum absolute atomic E-state index is 0.0926. The van der Waals surface area contributed by atoms with E-state index in [9.17, 15) is 9.18 Å². The Hall–Kier alpha value is -1.53. The van der Waals surface area contributed by atoms with Crippen molar-refractivity contribution in [1.82, 2.24) is 14.8 Å². The van der Waals surface area contributed by atoms with Gasteiger partial charge in [-0.05, 0) is 24.6 Å². The number of carboxylic acids is 1. The average Bonchev–Trinajstić information content (AvgIpc) is 2.54. The Labute approximate surface area is 111 Å². The van der Waals surface area contributed by atoms with Crippen LogP contribution in [0.15, 0.2) is 18.5 Å². The number of carboxylic acid groups (broad SMARTS) is 1. The van der Waals surface area contributed by atoms with Crippen LogP contribution in [-0.4, -0.2) is 58.6 Å². The number of pyridine rings is 1. The molecule has 0 aliphatic carbocycles. The van der Waals surface area contributed by atoms with E-state index in [4.69, 9.17) is 5.11 Å². The molecule has 1 fully saturated rings. The first-order valence-corrected chi connectivity index (χ1v) is 6.39. The first-order chi connectivity index (χ1) is 9.13. The van der Waals surface area contributed by atoms with Crippen LogP contribution < -0.4 is 0 Å². The minimum atomic E-state index is -0.789. The summed E-state index contributed by atoms with van der Waals surface area (Å²) in [5.41, 5.74) is 0.853. The van der Waals surface area contributed by atoms with Crippen LogP contribution in [-0.2, 0) is 11.3 Å². The van der Waals surface area contributed by atoms with E-state index < -0.39 is 5.97 Å². The second-order valence-electron chi connectivity index (χ2n) is 4.81. The molecule has 0 unspecified atom stereocenters. The Balaban J connectivity index is 1.87. The van der Waals surface area contributed by atoms with E-state index >= 15 is 0 Å². The van der Waals surface area contributed by atoms with Crippen LogP contribution in [0, 0.1) is 5.82 Å². The summed E-state index contributed by atoms with van der Waals surface area (Å²) < 4.78 is 13.1. The van der Waals surface area contributed by atoms with Crippen molar-refractivity contribution >= 4 is 5.97 Å². The highest BCUT2D eigenvalue weighted by Crippen LogP contribution is 2.09. The molecule has 0 atom stereocenters. The first kappa shape index (κ1) is 13.9. The van der Waals surface area contributed by atoms with E-state index in [0.717, 1.165) is 38.2 Å². The third-order valence-corrected chi connectivity index (χ3v) is 3.21. The summed E-state index contributed by atoms with van der Waals surface area (Å²) in [4.78, 5) is 18.7. The van der Waals surface area contributed by atoms with Crippen molar-refractivity contribution in [2.24, 2.45) is 0 Å². The van der Waals surface area contributed by atoms with E-state index in [1.54, 1.807) is 6.20 Å². The molecule has 0 spiro atoms. The fraction of sp³-hybridized carbons (Fsp3) is 0.538. The lowest BCUT2D eigenvalue weighted by Crippen LogP contribution is -2.34. The van der Waals surface area contributed by atoms with Crippen molar-refractivity contribution in [2.45, 2.75) is 13.0 Å². The zero-order valence-corrected chi connectivity index (χ0v) is 10.8. The van der Waals surface area contributed by atoms with Gasteiger partial charge in [-0.2, -0.15) is 0 Å². The van der Waals surface area contributed by atoms with Crippen LogP contribution in [0.3, 0.4) is 0 Å². The summed E-state index contributed by atoms with van der Waals surface area (Å²) in [7, 11) is 0. The van der Waals surface area contributed by atoms with Gasteiger partial charge in [0.15, 0.2) is 0 Å². The van der Waals surface area contributed by atoms with Gasteiger partial charge in [0.05, 0.1) is 12.7 Å². The van der Waals surface area contributed by atoms with Gasteiger partial charge >= 0.3 is 5.97 Å². The lowest BCUT2D eigenvalue weighted by atomic mass is 10.2. The van der Waals surface area contributed by atoms with Crippen LogP contribution in [0.25, 0.3) is 0 Å². The largest absolute Gasteiger partial charge is 0.480 e. The maximum absolute atomic E-state index is 13.1. The fourth-order valence-electron chi connectivity index (χ4n) is 2.33. The van der Waals surface area contributed by atoms with E-state index in [1.165, 1.54) is 12.3 Å². The molecule has 2 rings (SSSR count). The molecule has 6 heteroatoms. The summed E-state index contributed by atoms with van der Waals surface area (Å²) in [5.74, 6) is -1.11. The second-order valence-corrected chi connectivity index (χ2v) is 4.81. The van der Waals surface area contributed by atoms with Gasteiger partial charge in [0.1, 0.15) is 5.82 Å². The first-order valence-electron chi connectivity index (χ1n) is 6.39. The predicted octanol–water partition coefficient (Wildman–Crippen LogP) is 0.813. The van der Waals surface area contributed by atoms with Gasteiger partial charge in [0, 0.05) is 32.4 Å². The van der Waals surface area contributed by atoms with Crippen molar-refractivity contribution < 1.29 is 14.3 Å². The van der Waals surface area contributed by atoms with Crippen LogP contribution in [0.1, 0.15) is 12.0 Å². The highest BCUT2D eigenvalue weighted by atomic mass is 19.1. The topological polar surface area (TPSA) is 56.7 Å². The predicted molar refractivity (Wildman–Crippen MR) is 68.2 cm³/mol. The third-order valence-electron chi connectivity index (χ3n) is 3.21. The fourth-order valence-corrected chi connectivity index (χ4v) is 2.33. The molecule has 1 aliphatic heterocycles. The lowest BCUT2D eigenvalue weighted by molar-refractivity contribution is -0.138. The normalized spacial score (nSPS) is 18.2. The number of hydrogen-bond acceptors (Lipinski definition) is 4. The lowest BCUT2D eigenvalue weighted by Gasteiger charge is -2.20. The molecule has 1 saturated heterocycles. The summed E-state index contributed by atoms with van der Waals surface area (Å²) in [5, 5.41) is 8.78. The summed E-state index contributed by atoms with van der Waals surface area (Å²) in [6.45, 7) is 3.97. The summed E-state index contributed by atoms with van der Waals surface area (Å²) in [6, 6.07) is 1.49. The SMILES string of the molecule is O=C(O)CN1CCCN(Cc2cncc(F)c2)CC1. The molecule has 0 radical (unpaired) electrons. The summed E-state index contributed by atoms with van der Waals surface area (Å²) >= 11 is 0. The molecule has 104 valence electrons. The van der Waals surface area contributed by atoms with Crippen molar-refractivity contribution in [2.75, 3.05) is 32.7 Å². The van der Waals surface area contributed by atoms with Crippen LogP contribution in [0.4, 0.5) is 4.39 Å². The zero-order valence-electron chi connectivity index (χ0n) is 10.8.